The van der Waals surface area contributed by atoms with E-state index in [9.17, 15) is 14.9 Å². The van der Waals surface area contributed by atoms with E-state index in [2.05, 4.69) is 20.6 Å². The van der Waals surface area contributed by atoms with Gasteiger partial charge in [0.2, 0.25) is 17.0 Å². The number of aryl methyl sites for hydroxylation is 1. The van der Waals surface area contributed by atoms with E-state index < -0.39 is 4.92 Å². The predicted molar refractivity (Wildman–Crippen MR) is 63.5 cm³/mol. The summed E-state index contributed by atoms with van der Waals surface area (Å²) in [6, 6.07) is -0.235. The summed E-state index contributed by atoms with van der Waals surface area (Å²) in [6.07, 6.45) is 0.248. The molecule has 9 heteroatoms. The fraction of sp³-hybridized carbons (Fsp3) is 0.444. The standard InChI is InChI=1S/C9H10ClN5O3/c1-4-7(15(17)18)8(14-9(10)12-4)13-5-2-6(16)11-3-5/h5H,2-3H2,1H3,(H,11,16)(H,12,13,14). The molecule has 1 aliphatic rings. The first-order chi connectivity index (χ1) is 8.47. The zero-order valence-corrected chi connectivity index (χ0v) is 10.2. The molecular weight excluding hydrogens is 262 g/mol. The molecule has 0 radical (unpaired) electrons. The highest BCUT2D eigenvalue weighted by Gasteiger charge is 2.27. The Labute approximate surface area is 107 Å². The Kier molecular flexibility index (Phi) is 3.28. The normalized spacial score (nSPS) is 18.6. The van der Waals surface area contributed by atoms with Crippen LogP contribution in [0.4, 0.5) is 11.5 Å². The third kappa shape index (κ3) is 2.48. The smallest absolute Gasteiger partial charge is 0.332 e. The summed E-state index contributed by atoms with van der Waals surface area (Å²) in [6.45, 7) is 1.88. The van der Waals surface area contributed by atoms with Gasteiger partial charge < -0.3 is 10.6 Å². The second kappa shape index (κ2) is 4.73. The summed E-state index contributed by atoms with van der Waals surface area (Å²) >= 11 is 5.67. The van der Waals surface area contributed by atoms with Crippen LogP contribution in [0.15, 0.2) is 0 Å². The lowest BCUT2D eigenvalue weighted by molar-refractivity contribution is -0.385. The number of rotatable bonds is 3. The molecule has 2 heterocycles. The van der Waals surface area contributed by atoms with Crippen LogP contribution in [0.2, 0.25) is 5.28 Å². The highest BCUT2D eigenvalue weighted by atomic mass is 35.5. The van der Waals surface area contributed by atoms with Gasteiger partial charge >= 0.3 is 5.69 Å². The van der Waals surface area contributed by atoms with Gasteiger partial charge in [-0.25, -0.2) is 4.98 Å². The molecule has 1 saturated heterocycles. The van der Waals surface area contributed by atoms with Crippen molar-refractivity contribution in [3.05, 3.63) is 21.1 Å². The number of nitro groups is 1. The average Bonchev–Trinajstić information content (AvgIpc) is 2.62. The molecule has 1 atom stereocenters. The minimum atomic E-state index is -0.571. The van der Waals surface area contributed by atoms with E-state index in [1.54, 1.807) is 0 Å². The van der Waals surface area contributed by atoms with Gasteiger partial charge in [-0.1, -0.05) is 0 Å². The predicted octanol–water partition coefficient (Wildman–Crippen LogP) is 0.647. The molecule has 0 bridgehead atoms. The third-order valence-corrected chi connectivity index (χ3v) is 2.70. The Morgan fingerprint density at radius 1 is 1.56 bits per heavy atom. The maximum atomic E-state index is 11.1. The van der Waals surface area contributed by atoms with Crippen LogP contribution in [-0.2, 0) is 4.79 Å². The van der Waals surface area contributed by atoms with Crippen LogP contribution in [0.3, 0.4) is 0 Å². The van der Waals surface area contributed by atoms with Gasteiger partial charge in [0.25, 0.3) is 0 Å². The zero-order chi connectivity index (χ0) is 13.3. The molecule has 8 nitrogen and oxygen atoms in total. The molecule has 1 unspecified atom stereocenters. The van der Waals surface area contributed by atoms with E-state index in [-0.39, 0.29) is 40.9 Å². The summed E-state index contributed by atoms with van der Waals surface area (Å²) in [5.74, 6) is -0.0639. The molecule has 0 spiro atoms. The van der Waals surface area contributed by atoms with Crippen LogP contribution in [0.5, 0.6) is 0 Å². The monoisotopic (exact) mass is 271 g/mol. The van der Waals surface area contributed by atoms with Crippen LogP contribution >= 0.6 is 11.6 Å². The molecule has 0 saturated carbocycles. The highest BCUT2D eigenvalue weighted by molar-refractivity contribution is 6.28. The molecule has 1 aliphatic heterocycles. The zero-order valence-electron chi connectivity index (χ0n) is 9.44. The molecular formula is C9H10ClN5O3. The molecule has 1 amide bonds. The number of aromatic nitrogens is 2. The molecule has 0 aliphatic carbocycles. The minimum absolute atomic E-state index is 0.0407. The van der Waals surface area contributed by atoms with E-state index in [0.29, 0.717) is 6.54 Å². The Hall–Kier alpha value is -1.96. The van der Waals surface area contributed by atoms with Crippen molar-refractivity contribution in [2.24, 2.45) is 0 Å². The summed E-state index contributed by atoms with van der Waals surface area (Å²) in [7, 11) is 0. The van der Waals surface area contributed by atoms with Gasteiger partial charge in [-0.05, 0) is 18.5 Å². The molecule has 2 N–H and O–H groups in total. The molecule has 1 aromatic rings. The van der Waals surface area contributed by atoms with Gasteiger partial charge in [-0.2, -0.15) is 4.98 Å². The van der Waals surface area contributed by atoms with E-state index in [0.717, 1.165) is 0 Å². The topological polar surface area (TPSA) is 110 Å². The third-order valence-electron chi connectivity index (χ3n) is 2.53. The number of nitrogens with one attached hydrogen (secondary N) is 2. The first kappa shape index (κ1) is 12.5. The number of nitrogens with zero attached hydrogens (tertiary/aromatic N) is 3. The van der Waals surface area contributed by atoms with Crippen LogP contribution in [0.1, 0.15) is 12.1 Å². The molecule has 18 heavy (non-hydrogen) atoms. The molecule has 0 aromatic carbocycles. The van der Waals surface area contributed by atoms with Crippen molar-refractivity contribution in [2.45, 2.75) is 19.4 Å². The summed E-state index contributed by atoms with van der Waals surface area (Å²) in [5, 5.41) is 16.3. The second-order valence-electron chi connectivity index (χ2n) is 3.88. The molecule has 2 rings (SSSR count). The number of carbonyl (C=O) groups is 1. The Balaban J connectivity index is 2.31. The van der Waals surface area contributed by atoms with Gasteiger partial charge in [0.05, 0.1) is 11.0 Å². The molecule has 1 fully saturated rings. The maximum Gasteiger partial charge on any atom is 0.332 e. The Bertz CT molecular complexity index is 521. The van der Waals surface area contributed by atoms with Crippen molar-refractivity contribution in [2.75, 3.05) is 11.9 Å². The Morgan fingerprint density at radius 2 is 2.28 bits per heavy atom. The summed E-state index contributed by atoms with van der Waals surface area (Å²) < 4.78 is 0. The molecule has 96 valence electrons. The average molecular weight is 272 g/mol. The maximum absolute atomic E-state index is 11.1. The van der Waals surface area contributed by atoms with Gasteiger partial charge in [0.15, 0.2) is 0 Å². The van der Waals surface area contributed by atoms with Gasteiger partial charge in [0, 0.05) is 13.0 Å². The molecule has 1 aromatic heterocycles. The van der Waals surface area contributed by atoms with E-state index in [1.807, 2.05) is 0 Å². The number of carbonyl (C=O) groups excluding carboxylic acids is 1. The van der Waals surface area contributed by atoms with Gasteiger partial charge in [-0.15, -0.1) is 0 Å². The number of amides is 1. The number of anilines is 1. The van der Waals surface area contributed by atoms with Crippen molar-refractivity contribution >= 4 is 29.0 Å². The van der Waals surface area contributed by atoms with Crippen LogP contribution in [0, 0.1) is 17.0 Å². The lowest BCUT2D eigenvalue weighted by atomic mass is 10.2. The van der Waals surface area contributed by atoms with Crippen LogP contribution in [-0.4, -0.2) is 33.4 Å². The minimum Gasteiger partial charge on any atom is -0.359 e. The SMILES string of the molecule is Cc1nc(Cl)nc(NC2CNC(=O)C2)c1[N+](=O)[O-]. The van der Waals surface area contributed by atoms with E-state index >= 15 is 0 Å². The van der Waals surface area contributed by atoms with Gasteiger partial charge in [-0.3, -0.25) is 14.9 Å². The Morgan fingerprint density at radius 3 is 2.83 bits per heavy atom. The first-order valence-electron chi connectivity index (χ1n) is 5.19. The van der Waals surface area contributed by atoms with E-state index in [1.165, 1.54) is 6.92 Å². The lowest BCUT2D eigenvalue weighted by Crippen LogP contribution is -2.23. The fourth-order valence-electron chi connectivity index (χ4n) is 1.75. The number of hydrogen-bond acceptors (Lipinski definition) is 6. The highest BCUT2D eigenvalue weighted by Crippen LogP contribution is 2.27. The summed E-state index contributed by atoms with van der Waals surface area (Å²) in [4.78, 5) is 29.0. The largest absolute Gasteiger partial charge is 0.359 e. The lowest BCUT2D eigenvalue weighted by Gasteiger charge is -2.11. The van der Waals surface area contributed by atoms with Crippen molar-refractivity contribution < 1.29 is 9.72 Å². The number of halogens is 1. The van der Waals surface area contributed by atoms with Crippen molar-refractivity contribution in [3.8, 4) is 0 Å². The van der Waals surface area contributed by atoms with Crippen molar-refractivity contribution in [1.29, 1.82) is 0 Å². The van der Waals surface area contributed by atoms with Crippen LogP contribution < -0.4 is 10.6 Å². The van der Waals surface area contributed by atoms with Gasteiger partial charge in [0.1, 0.15) is 5.69 Å². The van der Waals surface area contributed by atoms with Crippen LogP contribution in [0.25, 0.3) is 0 Å². The van der Waals surface area contributed by atoms with Crippen molar-refractivity contribution in [1.82, 2.24) is 15.3 Å². The second-order valence-corrected chi connectivity index (χ2v) is 4.22. The number of hydrogen-bond donors (Lipinski definition) is 2. The quantitative estimate of drug-likeness (QED) is 0.474. The van der Waals surface area contributed by atoms with E-state index in [4.69, 9.17) is 11.6 Å². The first-order valence-corrected chi connectivity index (χ1v) is 5.57. The fourth-order valence-corrected chi connectivity index (χ4v) is 1.96. The van der Waals surface area contributed by atoms with Crippen molar-refractivity contribution in [3.63, 3.8) is 0 Å². The summed E-state index contributed by atoms with van der Waals surface area (Å²) in [5.41, 5.74) is -0.0430.